The van der Waals surface area contributed by atoms with Gasteiger partial charge in [-0.15, -0.1) is 0 Å². The van der Waals surface area contributed by atoms with Gasteiger partial charge in [0.2, 0.25) is 5.91 Å². The molecule has 0 saturated carbocycles. The molecule has 5 heteroatoms. The van der Waals surface area contributed by atoms with Crippen LogP contribution in [0.3, 0.4) is 0 Å². The monoisotopic (exact) mass is 422 g/mol. The highest BCUT2D eigenvalue weighted by molar-refractivity contribution is 5.92. The fourth-order valence-electron chi connectivity index (χ4n) is 3.51. The topological polar surface area (TPSA) is 51.0 Å². The predicted octanol–water partition coefficient (Wildman–Crippen LogP) is 5.04. The zero-order chi connectivity index (χ0) is 22.2. The Kier molecular flexibility index (Phi) is 6.88. The first kappa shape index (κ1) is 21.2. The molecule has 0 aliphatic carbocycles. The molecule has 0 N–H and O–H groups in total. The maximum Gasteiger partial charge on any atom is 0.246 e. The van der Waals surface area contributed by atoms with Gasteiger partial charge in [-0.2, -0.15) is 5.10 Å². The van der Waals surface area contributed by atoms with E-state index in [2.05, 4.69) is 17.1 Å². The van der Waals surface area contributed by atoms with E-state index in [1.165, 1.54) is 5.56 Å². The smallest absolute Gasteiger partial charge is 0.246 e. The number of amides is 1. The van der Waals surface area contributed by atoms with Crippen molar-refractivity contribution in [1.29, 1.82) is 0 Å². The molecular weight excluding hydrogens is 396 g/mol. The highest BCUT2D eigenvalue weighted by Crippen LogP contribution is 2.24. The van der Waals surface area contributed by atoms with E-state index in [1.54, 1.807) is 23.4 Å². The molecule has 0 fully saturated rings. The molecule has 160 valence electrons. The average Bonchev–Trinajstić information content (AvgIpc) is 3.28. The number of hydrogen-bond donors (Lipinski definition) is 0. The zero-order valence-corrected chi connectivity index (χ0v) is 18.1. The molecule has 0 atom stereocenters. The van der Waals surface area contributed by atoms with Crippen molar-refractivity contribution in [2.75, 3.05) is 13.6 Å². The van der Waals surface area contributed by atoms with Crippen LogP contribution in [0, 0.1) is 0 Å². The van der Waals surface area contributed by atoms with Crippen molar-refractivity contribution >= 4 is 12.0 Å². The van der Waals surface area contributed by atoms with E-state index in [0.717, 1.165) is 35.3 Å². The maximum absolute atomic E-state index is 12.7. The van der Waals surface area contributed by atoms with E-state index in [0.29, 0.717) is 6.54 Å². The van der Waals surface area contributed by atoms with Gasteiger partial charge in [-0.1, -0.05) is 48.5 Å². The molecule has 1 amide bonds. The Morgan fingerprint density at radius 3 is 2.47 bits per heavy atom. The van der Waals surface area contributed by atoms with Gasteiger partial charge in [-0.05, 0) is 48.7 Å². The van der Waals surface area contributed by atoms with Crippen LogP contribution < -0.4 is 0 Å². The Bertz CT molecular complexity index is 1170. The van der Waals surface area contributed by atoms with Gasteiger partial charge < -0.3 is 4.90 Å². The van der Waals surface area contributed by atoms with Gasteiger partial charge in [0, 0.05) is 49.4 Å². The molecule has 2 heterocycles. The molecule has 2 aromatic heterocycles. The molecule has 0 unspecified atom stereocenters. The maximum atomic E-state index is 12.7. The third-order valence-corrected chi connectivity index (χ3v) is 5.28. The first-order valence-corrected chi connectivity index (χ1v) is 10.7. The Balaban J connectivity index is 1.48. The zero-order valence-electron chi connectivity index (χ0n) is 18.1. The number of likely N-dealkylation sites (N-methyl/N-ethyl adjacent to an activating group) is 1. The number of rotatable bonds is 8. The molecule has 0 aliphatic heterocycles. The lowest BCUT2D eigenvalue weighted by molar-refractivity contribution is -0.124. The number of aromatic nitrogens is 3. The standard InChI is InChI=1S/C27H26N4O/c1-30(19-9-12-22-10-4-2-5-11-22)26(32)17-16-24-21-31(25-14-6-3-7-15-25)29-27(24)23-13-8-18-28-20-23/h2-8,10-11,13-18,20-21H,9,12,19H2,1H3. The van der Waals surface area contributed by atoms with Gasteiger partial charge in [0.15, 0.2) is 0 Å². The van der Waals surface area contributed by atoms with Gasteiger partial charge >= 0.3 is 0 Å². The summed E-state index contributed by atoms with van der Waals surface area (Å²) in [6.45, 7) is 0.705. The summed E-state index contributed by atoms with van der Waals surface area (Å²) in [5.41, 5.74) is 4.82. The van der Waals surface area contributed by atoms with Crippen molar-refractivity contribution in [1.82, 2.24) is 19.7 Å². The van der Waals surface area contributed by atoms with Crippen molar-refractivity contribution in [2.45, 2.75) is 12.8 Å². The van der Waals surface area contributed by atoms with Crippen LogP contribution in [0.25, 0.3) is 23.0 Å². The minimum atomic E-state index is -0.0253. The summed E-state index contributed by atoms with van der Waals surface area (Å²) in [6, 6.07) is 24.1. The lowest BCUT2D eigenvalue weighted by Crippen LogP contribution is -2.26. The van der Waals surface area contributed by atoms with E-state index >= 15 is 0 Å². The van der Waals surface area contributed by atoms with Crippen LogP contribution in [-0.4, -0.2) is 39.2 Å². The predicted molar refractivity (Wildman–Crippen MR) is 128 cm³/mol. The second-order valence-electron chi connectivity index (χ2n) is 7.64. The fourth-order valence-corrected chi connectivity index (χ4v) is 3.51. The van der Waals surface area contributed by atoms with E-state index in [1.807, 2.05) is 84.7 Å². The summed E-state index contributed by atoms with van der Waals surface area (Å²) < 4.78 is 1.83. The summed E-state index contributed by atoms with van der Waals surface area (Å²) in [6.07, 6.45) is 10.8. The third kappa shape index (κ3) is 5.38. The first-order valence-electron chi connectivity index (χ1n) is 10.7. The molecule has 0 aliphatic rings. The summed E-state index contributed by atoms with van der Waals surface area (Å²) in [5.74, 6) is -0.0253. The van der Waals surface area contributed by atoms with Crippen molar-refractivity contribution < 1.29 is 4.79 Å². The number of pyridine rings is 1. The lowest BCUT2D eigenvalue weighted by atomic mass is 10.1. The number of hydrogen-bond acceptors (Lipinski definition) is 3. The third-order valence-electron chi connectivity index (χ3n) is 5.28. The Hall–Kier alpha value is -3.99. The molecule has 0 saturated heterocycles. The van der Waals surface area contributed by atoms with Crippen molar-refractivity contribution in [2.24, 2.45) is 0 Å². The van der Waals surface area contributed by atoms with Crippen LogP contribution >= 0.6 is 0 Å². The second kappa shape index (κ2) is 10.4. The van der Waals surface area contributed by atoms with Crippen LogP contribution in [0.15, 0.2) is 97.5 Å². The second-order valence-corrected chi connectivity index (χ2v) is 7.64. The summed E-state index contributed by atoms with van der Waals surface area (Å²) in [5, 5.41) is 4.76. The number of carbonyl (C=O) groups is 1. The summed E-state index contributed by atoms with van der Waals surface area (Å²) in [7, 11) is 1.84. The van der Waals surface area contributed by atoms with Crippen LogP contribution in [0.4, 0.5) is 0 Å². The van der Waals surface area contributed by atoms with E-state index < -0.39 is 0 Å². The van der Waals surface area contributed by atoms with Gasteiger partial charge in [-0.3, -0.25) is 9.78 Å². The number of nitrogens with zero attached hydrogens (tertiary/aromatic N) is 4. The molecule has 0 bridgehead atoms. The van der Waals surface area contributed by atoms with Crippen LogP contribution in [-0.2, 0) is 11.2 Å². The average molecular weight is 423 g/mol. The van der Waals surface area contributed by atoms with Crippen LogP contribution in [0.5, 0.6) is 0 Å². The fraction of sp³-hybridized carbons (Fsp3) is 0.148. The van der Waals surface area contributed by atoms with Crippen molar-refractivity contribution in [3.05, 3.63) is 109 Å². The number of aryl methyl sites for hydroxylation is 1. The number of para-hydroxylation sites is 1. The Morgan fingerprint density at radius 1 is 1.00 bits per heavy atom. The molecule has 0 spiro atoms. The van der Waals surface area contributed by atoms with Gasteiger partial charge in [0.25, 0.3) is 0 Å². The molecule has 32 heavy (non-hydrogen) atoms. The number of carbonyl (C=O) groups excluding carboxylic acids is 1. The van der Waals surface area contributed by atoms with Crippen LogP contribution in [0.1, 0.15) is 17.5 Å². The quantitative estimate of drug-likeness (QED) is 0.374. The highest BCUT2D eigenvalue weighted by Gasteiger charge is 2.12. The Morgan fingerprint density at radius 2 is 1.75 bits per heavy atom. The normalized spacial score (nSPS) is 11.0. The highest BCUT2D eigenvalue weighted by atomic mass is 16.2. The molecule has 4 aromatic rings. The molecule has 5 nitrogen and oxygen atoms in total. The molecular formula is C27H26N4O. The van der Waals surface area contributed by atoms with E-state index in [9.17, 15) is 4.79 Å². The number of benzene rings is 2. The van der Waals surface area contributed by atoms with Crippen LogP contribution in [0.2, 0.25) is 0 Å². The summed E-state index contributed by atoms with van der Waals surface area (Å²) >= 11 is 0. The Labute approximate surface area is 188 Å². The van der Waals surface area contributed by atoms with Crippen molar-refractivity contribution in [3.8, 4) is 16.9 Å². The van der Waals surface area contributed by atoms with Gasteiger partial charge in [0.05, 0.1) is 5.69 Å². The largest absolute Gasteiger partial charge is 0.342 e. The van der Waals surface area contributed by atoms with E-state index in [-0.39, 0.29) is 5.91 Å². The molecule has 4 rings (SSSR count). The SMILES string of the molecule is CN(CCCc1ccccc1)C(=O)C=Cc1cn(-c2ccccc2)nc1-c1cccnc1. The van der Waals surface area contributed by atoms with Gasteiger partial charge in [-0.25, -0.2) is 4.68 Å². The summed E-state index contributed by atoms with van der Waals surface area (Å²) in [4.78, 5) is 18.7. The molecule has 0 radical (unpaired) electrons. The van der Waals surface area contributed by atoms with Crippen molar-refractivity contribution in [3.63, 3.8) is 0 Å². The first-order chi connectivity index (χ1) is 15.7. The molecule has 2 aromatic carbocycles. The minimum Gasteiger partial charge on any atom is -0.342 e. The lowest BCUT2D eigenvalue weighted by Gasteiger charge is -2.14. The minimum absolute atomic E-state index is 0.0253. The van der Waals surface area contributed by atoms with Gasteiger partial charge in [0.1, 0.15) is 5.69 Å². The van der Waals surface area contributed by atoms with E-state index in [4.69, 9.17) is 5.10 Å².